The number of benzene rings is 2. The summed E-state index contributed by atoms with van der Waals surface area (Å²) in [5, 5.41) is 2.89. The predicted octanol–water partition coefficient (Wildman–Crippen LogP) is 3.92. The van der Waals surface area contributed by atoms with E-state index in [0.29, 0.717) is 49.2 Å². The average Bonchev–Trinajstić information content (AvgIpc) is 2.80. The van der Waals surface area contributed by atoms with Crippen LogP contribution >= 0.6 is 0 Å². The molecule has 0 bridgehead atoms. The van der Waals surface area contributed by atoms with Crippen molar-refractivity contribution in [3.63, 3.8) is 0 Å². The van der Waals surface area contributed by atoms with Crippen LogP contribution in [0.4, 0.5) is 11.4 Å². The maximum Gasteiger partial charge on any atom is 0.224 e. The number of nitrogens with zero attached hydrogens (tertiary/aromatic N) is 1. The van der Waals surface area contributed by atoms with Crippen LogP contribution in [0.3, 0.4) is 0 Å². The Morgan fingerprint density at radius 1 is 0.968 bits per heavy atom. The Bertz CT molecular complexity index is 879. The van der Waals surface area contributed by atoms with Crippen LogP contribution < -0.4 is 19.7 Å². The normalized spacial score (nSPS) is 13.5. The molecule has 2 aromatic carbocycles. The van der Waals surface area contributed by atoms with Crippen molar-refractivity contribution in [1.82, 2.24) is 0 Å². The van der Waals surface area contributed by atoms with E-state index < -0.39 is 0 Å². The maximum absolute atomic E-state index is 12.6. The van der Waals surface area contributed by atoms with Gasteiger partial charge in [-0.15, -0.1) is 0 Å². The first-order chi connectivity index (χ1) is 15.1. The highest BCUT2D eigenvalue weighted by Crippen LogP contribution is 2.39. The number of carbonyl (C=O) groups is 2. The van der Waals surface area contributed by atoms with Gasteiger partial charge in [0.1, 0.15) is 11.5 Å². The number of carbonyl (C=O) groups excluding carboxylic acids is 2. The van der Waals surface area contributed by atoms with Gasteiger partial charge in [-0.3, -0.25) is 9.59 Å². The van der Waals surface area contributed by atoms with E-state index in [0.717, 1.165) is 18.8 Å². The Morgan fingerprint density at radius 2 is 1.65 bits per heavy atom. The lowest BCUT2D eigenvalue weighted by Crippen LogP contribution is -2.36. The highest BCUT2D eigenvalue weighted by atomic mass is 16.5. The third-order valence-corrected chi connectivity index (χ3v) is 4.96. The lowest BCUT2D eigenvalue weighted by molar-refractivity contribution is -0.116. The molecule has 1 saturated heterocycles. The summed E-state index contributed by atoms with van der Waals surface area (Å²) in [6.07, 6.45) is 0.235. The summed E-state index contributed by atoms with van der Waals surface area (Å²) in [6.45, 7) is 7.63. The predicted molar refractivity (Wildman–Crippen MR) is 120 cm³/mol. The second kappa shape index (κ2) is 11.4. The van der Waals surface area contributed by atoms with Crippen molar-refractivity contribution in [2.75, 3.05) is 49.7 Å². The molecule has 166 valence electrons. The van der Waals surface area contributed by atoms with Crippen molar-refractivity contribution < 1.29 is 23.8 Å². The molecule has 7 nitrogen and oxygen atoms in total. The van der Waals surface area contributed by atoms with Crippen LogP contribution in [0.15, 0.2) is 42.5 Å². The molecule has 31 heavy (non-hydrogen) atoms. The van der Waals surface area contributed by atoms with Gasteiger partial charge in [0.2, 0.25) is 5.91 Å². The first-order valence-electron chi connectivity index (χ1n) is 10.8. The molecule has 1 aliphatic heterocycles. The van der Waals surface area contributed by atoms with Crippen LogP contribution in [0.1, 0.15) is 37.0 Å². The summed E-state index contributed by atoms with van der Waals surface area (Å²) in [5.74, 6) is 0.962. The quantitative estimate of drug-likeness (QED) is 0.580. The minimum Gasteiger partial charge on any atom is -0.492 e. The molecule has 2 aromatic rings. The fraction of sp³-hybridized carbons (Fsp3) is 0.417. The Labute approximate surface area is 183 Å². The zero-order valence-electron chi connectivity index (χ0n) is 18.2. The summed E-state index contributed by atoms with van der Waals surface area (Å²) in [4.78, 5) is 27.1. The molecule has 0 unspecified atom stereocenters. The van der Waals surface area contributed by atoms with Crippen LogP contribution in [0.5, 0.6) is 11.5 Å². The first-order valence-corrected chi connectivity index (χ1v) is 10.8. The van der Waals surface area contributed by atoms with Crippen LogP contribution in [0.2, 0.25) is 0 Å². The summed E-state index contributed by atoms with van der Waals surface area (Å²) in [7, 11) is 0. The number of hydrogen-bond acceptors (Lipinski definition) is 6. The lowest BCUT2D eigenvalue weighted by Gasteiger charge is -2.31. The van der Waals surface area contributed by atoms with E-state index in [-0.39, 0.29) is 24.5 Å². The van der Waals surface area contributed by atoms with Crippen molar-refractivity contribution in [1.29, 1.82) is 0 Å². The number of morpholine rings is 1. The second-order valence-electron chi connectivity index (χ2n) is 7.12. The number of Topliss-reactive ketones (excluding diaryl/α,β-unsaturated/α-hetero) is 1. The molecule has 1 N–H and O–H groups in total. The summed E-state index contributed by atoms with van der Waals surface area (Å²) in [6, 6.07) is 12.7. The molecule has 1 fully saturated rings. The molecular weight excluding hydrogens is 396 g/mol. The number of rotatable bonds is 10. The highest BCUT2D eigenvalue weighted by Gasteiger charge is 2.20. The second-order valence-corrected chi connectivity index (χ2v) is 7.12. The van der Waals surface area contributed by atoms with E-state index in [1.165, 1.54) is 0 Å². The van der Waals surface area contributed by atoms with Gasteiger partial charge in [0.05, 0.1) is 37.8 Å². The minimum atomic E-state index is -0.244. The largest absolute Gasteiger partial charge is 0.492 e. The molecule has 0 aliphatic carbocycles. The fourth-order valence-corrected chi connectivity index (χ4v) is 3.45. The molecule has 0 saturated carbocycles. The average molecular weight is 427 g/mol. The van der Waals surface area contributed by atoms with E-state index in [1.807, 2.05) is 38.1 Å². The van der Waals surface area contributed by atoms with Gasteiger partial charge < -0.3 is 24.4 Å². The number of amides is 1. The summed E-state index contributed by atoms with van der Waals surface area (Å²) < 4.78 is 17.1. The molecule has 7 heteroatoms. The molecule has 0 radical (unpaired) electrons. The molecule has 3 rings (SSSR count). The number of nitrogens with one attached hydrogen (secondary N) is 1. The van der Waals surface area contributed by atoms with Gasteiger partial charge in [-0.25, -0.2) is 0 Å². The Kier molecular flexibility index (Phi) is 8.29. The molecule has 1 amide bonds. The maximum atomic E-state index is 12.6. The van der Waals surface area contributed by atoms with Crippen molar-refractivity contribution >= 4 is 23.1 Å². The Morgan fingerprint density at radius 3 is 2.32 bits per heavy atom. The van der Waals surface area contributed by atoms with E-state index in [2.05, 4.69) is 10.2 Å². The Hall–Kier alpha value is -3.06. The smallest absolute Gasteiger partial charge is 0.224 e. The van der Waals surface area contributed by atoms with E-state index in [1.54, 1.807) is 18.2 Å². The monoisotopic (exact) mass is 426 g/mol. The van der Waals surface area contributed by atoms with Crippen LogP contribution in [0.25, 0.3) is 0 Å². The van der Waals surface area contributed by atoms with Gasteiger partial charge in [-0.2, -0.15) is 0 Å². The molecular formula is C24H30N2O5. The van der Waals surface area contributed by atoms with Crippen molar-refractivity contribution in [2.24, 2.45) is 0 Å². The number of hydrogen-bond donors (Lipinski definition) is 1. The topological polar surface area (TPSA) is 77.1 Å². The molecule has 1 heterocycles. The zero-order valence-corrected chi connectivity index (χ0v) is 18.2. The standard InChI is InChI=1S/C24H30N2O5/c1-3-30-22-17-20(26-12-14-29-15-13-26)23(31-4-2)16-19(22)25-24(28)11-10-21(27)18-8-6-5-7-9-18/h5-9,16-17H,3-4,10-15H2,1-2H3,(H,25,28). The third-order valence-electron chi connectivity index (χ3n) is 4.96. The van der Waals surface area contributed by atoms with Gasteiger partial charge >= 0.3 is 0 Å². The molecule has 0 spiro atoms. The first kappa shape index (κ1) is 22.6. The van der Waals surface area contributed by atoms with Gasteiger partial charge in [-0.1, -0.05) is 30.3 Å². The van der Waals surface area contributed by atoms with Crippen molar-refractivity contribution in [2.45, 2.75) is 26.7 Å². The Balaban J connectivity index is 1.74. The molecule has 0 atom stereocenters. The van der Waals surface area contributed by atoms with Gasteiger partial charge in [0.15, 0.2) is 5.78 Å². The number of anilines is 2. The van der Waals surface area contributed by atoms with E-state index in [9.17, 15) is 9.59 Å². The number of ketones is 1. The SMILES string of the molecule is CCOc1cc(N2CCOCC2)c(OCC)cc1NC(=O)CCC(=O)c1ccccc1. The van der Waals surface area contributed by atoms with E-state index in [4.69, 9.17) is 14.2 Å². The minimum absolute atomic E-state index is 0.0570. The van der Waals surface area contributed by atoms with Crippen LogP contribution in [-0.2, 0) is 9.53 Å². The van der Waals surface area contributed by atoms with Crippen LogP contribution in [0, 0.1) is 0 Å². The zero-order chi connectivity index (χ0) is 22.1. The fourth-order valence-electron chi connectivity index (χ4n) is 3.45. The molecule has 1 aliphatic rings. The van der Waals surface area contributed by atoms with Gasteiger partial charge in [0.25, 0.3) is 0 Å². The number of ether oxygens (including phenoxy) is 3. The van der Waals surface area contributed by atoms with Crippen molar-refractivity contribution in [3.8, 4) is 11.5 Å². The molecule has 0 aromatic heterocycles. The van der Waals surface area contributed by atoms with Crippen molar-refractivity contribution in [3.05, 3.63) is 48.0 Å². The van der Waals surface area contributed by atoms with E-state index >= 15 is 0 Å². The van der Waals surface area contributed by atoms with Crippen LogP contribution in [-0.4, -0.2) is 51.2 Å². The highest BCUT2D eigenvalue weighted by molar-refractivity contribution is 6.00. The van der Waals surface area contributed by atoms with Gasteiger partial charge in [-0.05, 0) is 13.8 Å². The summed E-state index contributed by atoms with van der Waals surface area (Å²) in [5.41, 5.74) is 2.07. The summed E-state index contributed by atoms with van der Waals surface area (Å²) >= 11 is 0. The lowest BCUT2D eigenvalue weighted by atomic mass is 10.1. The van der Waals surface area contributed by atoms with Gasteiger partial charge in [0, 0.05) is 43.6 Å². The third kappa shape index (κ3) is 6.21.